The maximum Gasteiger partial charge on any atom is 0.500 e. The van der Waals surface area contributed by atoms with Gasteiger partial charge < -0.3 is 26.6 Å². The van der Waals surface area contributed by atoms with Crippen LogP contribution in [0.3, 0.4) is 0 Å². The first-order valence-corrected chi connectivity index (χ1v) is 14.9. The highest BCUT2D eigenvalue weighted by molar-refractivity contribution is 7.80. The zero-order valence-electron chi connectivity index (χ0n) is 18.7. The van der Waals surface area contributed by atoms with Gasteiger partial charge in [0, 0.05) is 51.7 Å². The number of thiol groups is 1. The molecule has 0 aromatic rings. The van der Waals surface area contributed by atoms with Crippen molar-refractivity contribution in [3.05, 3.63) is 0 Å². The molecule has 0 aliphatic rings. The van der Waals surface area contributed by atoms with Crippen molar-refractivity contribution in [2.24, 2.45) is 0 Å². The monoisotopic (exact) mass is 444 g/mol. The van der Waals surface area contributed by atoms with Crippen LogP contribution in [0.5, 0.6) is 0 Å². The maximum atomic E-state index is 5.67. The Morgan fingerprint density at radius 2 is 0.815 bits per heavy atom. The lowest BCUT2D eigenvalue weighted by Crippen LogP contribution is -2.46. The van der Waals surface area contributed by atoms with Gasteiger partial charge in [-0.05, 0) is 53.7 Å². The van der Waals surface area contributed by atoms with E-state index in [0.717, 1.165) is 30.7 Å². The second kappa shape index (κ2) is 19.8. The van der Waals surface area contributed by atoms with Crippen LogP contribution in [0, 0.1) is 0 Å². The van der Waals surface area contributed by atoms with Crippen LogP contribution in [-0.4, -0.2) is 63.0 Å². The van der Waals surface area contributed by atoms with Crippen LogP contribution in [0.2, 0.25) is 12.1 Å². The minimum Gasteiger partial charge on any atom is -0.374 e. The molecule has 0 aromatic heterocycles. The highest BCUT2D eigenvalue weighted by Gasteiger charge is 2.39. The maximum absolute atomic E-state index is 5.67. The summed E-state index contributed by atoms with van der Waals surface area (Å²) in [5, 5.41) is 0. The van der Waals surface area contributed by atoms with E-state index in [-0.39, 0.29) is 0 Å². The molecule has 0 bridgehead atoms. The third-order valence-corrected chi connectivity index (χ3v) is 10.1. The topological polar surface area (TPSA) is 55.4 Å². The van der Waals surface area contributed by atoms with E-state index < -0.39 is 17.6 Å². The first-order chi connectivity index (χ1) is 13.0. The Morgan fingerprint density at radius 3 is 1.04 bits per heavy atom. The molecule has 0 aliphatic carbocycles. The van der Waals surface area contributed by atoms with Gasteiger partial charge in [0.2, 0.25) is 0 Å². The van der Waals surface area contributed by atoms with E-state index in [1.165, 1.54) is 0 Å². The molecule has 166 valence electrons. The molecule has 0 rings (SSSR count). The fourth-order valence-electron chi connectivity index (χ4n) is 2.60. The molecule has 0 saturated heterocycles. The van der Waals surface area contributed by atoms with Crippen molar-refractivity contribution in [3.63, 3.8) is 0 Å². The van der Waals surface area contributed by atoms with Gasteiger partial charge in [0.1, 0.15) is 0 Å². The van der Waals surface area contributed by atoms with Gasteiger partial charge in [0.25, 0.3) is 0 Å². The average molecular weight is 445 g/mol. The minimum atomic E-state index is -2.37. The molecule has 0 radical (unpaired) electrons. The normalized spacial score (nSPS) is 12.0. The summed E-state index contributed by atoms with van der Waals surface area (Å²) in [5.41, 5.74) is 0. The molecule has 27 heavy (non-hydrogen) atoms. The predicted octanol–water partition coefficient (Wildman–Crippen LogP) is 4.80. The second-order valence-corrected chi connectivity index (χ2v) is 11.5. The molecule has 0 unspecified atom stereocenters. The van der Waals surface area contributed by atoms with Crippen LogP contribution in [0.25, 0.3) is 0 Å². The largest absolute Gasteiger partial charge is 0.500 e. The molecular formula is C18H44O6SSi2. The molecular weight excluding hydrogens is 400 g/mol. The Bertz CT molecular complexity index is 267. The van der Waals surface area contributed by atoms with Gasteiger partial charge in [-0.15, -0.1) is 0 Å². The Balaban J connectivity index is 0. The lowest BCUT2D eigenvalue weighted by molar-refractivity contribution is 0.0704. The SMILES string of the molecule is CCC[Si](OCC)(OCC)OCC.CCO[Si](CCCS)(OCC)OCC. The van der Waals surface area contributed by atoms with Crippen molar-refractivity contribution in [1.29, 1.82) is 0 Å². The van der Waals surface area contributed by atoms with Crippen LogP contribution in [-0.2, 0) is 26.6 Å². The molecule has 0 atom stereocenters. The van der Waals surface area contributed by atoms with Crippen LogP contribution in [0.15, 0.2) is 0 Å². The van der Waals surface area contributed by atoms with E-state index in [2.05, 4.69) is 19.6 Å². The van der Waals surface area contributed by atoms with Crippen molar-refractivity contribution in [2.45, 2.75) is 73.4 Å². The first-order valence-electron chi connectivity index (χ1n) is 10.4. The van der Waals surface area contributed by atoms with Gasteiger partial charge in [0.05, 0.1) is 0 Å². The second-order valence-electron chi connectivity index (χ2n) is 5.54. The predicted molar refractivity (Wildman–Crippen MR) is 120 cm³/mol. The van der Waals surface area contributed by atoms with Crippen molar-refractivity contribution < 1.29 is 26.6 Å². The van der Waals surface area contributed by atoms with Gasteiger partial charge in [-0.25, -0.2) is 0 Å². The summed E-state index contributed by atoms with van der Waals surface area (Å²) in [5.74, 6) is 0.849. The number of hydrogen-bond acceptors (Lipinski definition) is 7. The zero-order valence-corrected chi connectivity index (χ0v) is 21.6. The summed E-state index contributed by atoms with van der Waals surface area (Å²) in [6.07, 6.45) is 2.03. The standard InChI is InChI=1S/C9H22O3SSi.C9H22O3Si/c1-4-10-14(11-5-2,12-6-3)9-7-8-13;1-5-9-13(10-6-2,11-7-3)12-8-4/h13H,4-9H2,1-3H3;5-9H2,1-4H3. The Morgan fingerprint density at radius 1 is 0.519 bits per heavy atom. The molecule has 0 amide bonds. The van der Waals surface area contributed by atoms with Gasteiger partial charge in [0.15, 0.2) is 0 Å². The fraction of sp³-hybridized carbons (Fsp3) is 1.00. The summed E-state index contributed by atoms with van der Waals surface area (Å²) in [6.45, 7) is 18.0. The summed E-state index contributed by atoms with van der Waals surface area (Å²) in [4.78, 5) is 0. The fourth-order valence-corrected chi connectivity index (χ4v) is 8.29. The molecule has 0 heterocycles. The van der Waals surface area contributed by atoms with Crippen molar-refractivity contribution in [3.8, 4) is 0 Å². The zero-order chi connectivity index (χ0) is 21.0. The summed E-state index contributed by atoms with van der Waals surface area (Å²) < 4.78 is 34.0. The molecule has 0 saturated carbocycles. The van der Waals surface area contributed by atoms with E-state index in [9.17, 15) is 0 Å². The van der Waals surface area contributed by atoms with E-state index in [0.29, 0.717) is 39.6 Å². The Hall–Kier alpha value is 0.544. The van der Waals surface area contributed by atoms with Gasteiger partial charge in [-0.3, -0.25) is 0 Å². The lowest BCUT2D eigenvalue weighted by Gasteiger charge is -2.28. The van der Waals surface area contributed by atoms with E-state index in [1.54, 1.807) is 0 Å². The Kier molecular flexibility index (Phi) is 21.9. The average Bonchev–Trinajstić information content (AvgIpc) is 2.62. The van der Waals surface area contributed by atoms with Gasteiger partial charge in [-0.2, -0.15) is 12.6 Å². The third kappa shape index (κ3) is 14.2. The highest BCUT2D eigenvalue weighted by atomic mass is 32.1. The lowest BCUT2D eigenvalue weighted by atomic mass is 10.6. The molecule has 0 spiro atoms. The number of hydrogen-bond donors (Lipinski definition) is 1. The summed E-state index contributed by atoms with van der Waals surface area (Å²) in [6, 6.07) is 1.79. The van der Waals surface area contributed by atoms with Crippen molar-refractivity contribution in [2.75, 3.05) is 45.4 Å². The van der Waals surface area contributed by atoms with E-state index >= 15 is 0 Å². The summed E-state index contributed by atoms with van der Waals surface area (Å²) >= 11 is 4.19. The minimum absolute atomic E-state index is 0.652. The van der Waals surface area contributed by atoms with Gasteiger partial charge in [-0.1, -0.05) is 13.3 Å². The molecule has 0 fully saturated rings. The first kappa shape index (κ1) is 29.7. The number of rotatable bonds is 17. The third-order valence-electron chi connectivity index (χ3n) is 3.38. The van der Waals surface area contributed by atoms with Crippen molar-refractivity contribution in [1.82, 2.24) is 0 Å². The molecule has 0 aliphatic heterocycles. The van der Waals surface area contributed by atoms with E-state index in [1.807, 2.05) is 41.5 Å². The highest BCUT2D eigenvalue weighted by Crippen LogP contribution is 2.18. The Labute approximate surface area is 175 Å². The van der Waals surface area contributed by atoms with E-state index in [4.69, 9.17) is 26.6 Å². The van der Waals surface area contributed by atoms with Crippen LogP contribution < -0.4 is 0 Å². The van der Waals surface area contributed by atoms with Crippen molar-refractivity contribution >= 4 is 30.2 Å². The molecule has 6 nitrogen and oxygen atoms in total. The van der Waals surface area contributed by atoms with Gasteiger partial charge >= 0.3 is 17.6 Å². The molecule has 9 heteroatoms. The molecule has 0 aromatic carbocycles. The van der Waals surface area contributed by atoms with Crippen LogP contribution in [0.4, 0.5) is 0 Å². The quantitative estimate of drug-likeness (QED) is 0.257. The smallest absolute Gasteiger partial charge is 0.374 e. The van der Waals surface area contributed by atoms with Crippen LogP contribution in [0.1, 0.15) is 61.3 Å². The van der Waals surface area contributed by atoms with Crippen LogP contribution >= 0.6 is 12.6 Å². The molecule has 0 N–H and O–H groups in total. The summed E-state index contributed by atoms with van der Waals surface area (Å²) in [7, 11) is -4.66.